The van der Waals surface area contributed by atoms with Crippen LogP contribution in [0.2, 0.25) is 0 Å². The molecule has 0 unspecified atom stereocenters. The zero-order chi connectivity index (χ0) is 15.9. The highest BCUT2D eigenvalue weighted by Gasteiger charge is 2.60. The maximum Gasteiger partial charge on any atom is 0.331 e. The smallest absolute Gasteiger partial charge is 0.331 e. The summed E-state index contributed by atoms with van der Waals surface area (Å²) >= 11 is 0. The molecule has 112 valence electrons. The molecule has 3 nitrogen and oxygen atoms in total. The molecule has 0 aliphatic heterocycles. The van der Waals surface area contributed by atoms with E-state index in [-0.39, 0.29) is 11.8 Å². The van der Waals surface area contributed by atoms with Crippen molar-refractivity contribution >= 4 is 5.97 Å². The number of ether oxygens (including phenoxy) is 1. The third-order valence-electron chi connectivity index (χ3n) is 4.86. The standard InChI is InChI=1S/C19H19NO2/c1-12(2)13-9-10-16-17(13)14-7-5-4-6-8-15(14)19(16,11-20)18(21)22-3/h5-10,16-17H,4H2,1-3H3/t16-,17-,19-/m1/s1. The largest absolute Gasteiger partial charge is 0.468 e. The van der Waals surface area contributed by atoms with E-state index in [1.807, 2.05) is 18.2 Å². The number of hydrogen-bond donors (Lipinski definition) is 0. The highest BCUT2D eigenvalue weighted by Crippen LogP contribution is 2.58. The van der Waals surface area contributed by atoms with Gasteiger partial charge < -0.3 is 4.74 Å². The molecule has 0 amide bonds. The van der Waals surface area contributed by atoms with Gasteiger partial charge in [-0.25, -0.2) is 4.79 Å². The Morgan fingerprint density at radius 1 is 1.32 bits per heavy atom. The van der Waals surface area contributed by atoms with Gasteiger partial charge >= 0.3 is 5.97 Å². The molecule has 0 spiro atoms. The van der Waals surface area contributed by atoms with Gasteiger partial charge in [0.2, 0.25) is 0 Å². The quantitative estimate of drug-likeness (QED) is 0.694. The number of carbonyl (C=O) groups excluding carboxylic acids is 1. The molecule has 3 rings (SSSR count). The van der Waals surface area contributed by atoms with Gasteiger partial charge in [-0.05, 0) is 37.0 Å². The first-order valence-corrected chi connectivity index (χ1v) is 7.51. The minimum atomic E-state index is -1.24. The van der Waals surface area contributed by atoms with Crippen LogP contribution in [-0.4, -0.2) is 13.1 Å². The number of nitriles is 1. The number of allylic oxidation sites excluding steroid dienone is 9. The van der Waals surface area contributed by atoms with Crippen molar-refractivity contribution in [3.63, 3.8) is 0 Å². The Labute approximate surface area is 131 Å². The van der Waals surface area contributed by atoms with Gasteiger partial charge in [-0.2, -0.15) is 5.26 Å². The summed E-state index contributed by atoms with van der Waals surface area (Å²) in [5, 5.41) is 9.93. The van der Waals surface area contributed by atoms with Crippen molar-refractivity contribution in [2.24, 2.45) is 17.3 Å². The fourth-order valence-electron chi connectivity index (χ4n) is 3.89. The molecule has 3 aliphatic rings. The number of methoxy groups -OCH3 is 1. The van der Waals surface area contributed by atoms with Crippen LogP contribution in [0.5, 0.6) is 0 Å². The van der Waals surface area contributed by atoms with Gasteiger partial charge in [-0.3, -0.25) is 0 Å². The van der Waals surface area contributed by atoms with E-state index in [1.165, 1.54) is 18.3 Å². The van der Waals surface area contributed by atoms with Crippen LogP contribution in [0.1, 0.15) is 20.3 Å². The molecule has 0 saturated carbocycles. The van der Waals surface area contributed by atoms with Gasteiger partial charge in [-0.1, -0.05) is 42.0 Å². The maximum absolute atomic E-state index is 12.6. The zero-order valence-corrected chi connectivity index (χ0v) is 13.1. The number of nitrogens with zero attached hydrogens (tertiary/aromatic N) is 1. The van der Waals surface area contributed by atoms with Crippen molar-refractivity contribution in [2.75, 3.05) is 7.11 Å². The molecule has 0 bridgehead atoms. The third-order valence-corrected chi connectivity index (χ3v) is 4.86. The average Bonchev–Trinajstić information content (AvgIpc) is 2.95. The van der Waals surface area contributed by atoms with Crippen molar-refractivity contribution in [3.8, 4) is 6.07 Å². The molecular formula is C19H19NO2. The van der Waals surface area contributed by atoms with Crippen molar-refractivity contribution in [1.82, 2.24) is 0 Å². The van der Waals surface area contributed by atoms with Crippen molar-refractivity contribution in [3.05, 3.63) is 58.7 Å². The average molecular weight is 293 g/mol. The highest BCUT2D eigenvalue weighted by molar-refractivity contribution is 5.89. The molecule has 0 saturated heterocycles. The van der Waals surface area contributed by atoms with E-state index in [4.69, 9.17) is 4.74 Å². The summed E-state index contributed by atoms with van der Waals surface area (Å²) in [6, 6.07) is 2.29. The normalized spacial score (nSPS) is 31.6. The van der Waals surface area contributed by atoms with Crippen molar-refractivity contribution < 1.29 is 9.53 Å². The molecule has 0 heterocycles. The topological polar surface area (TPSA) is 50.1 Å². The number of carbonyl (C=O) groups is 1. The first kappa shape index (κ1) is 14.6. The highest BCUT2D eigenvalue weighted by atomic mass is 16.5. The fourth-order valence-corrected chi connectivity index (χ4v) is 3.89. The molecular weight excluding hydrogens is 274 g/mol. The number of hydrogen-bond acceptors (Lipinski definition) is 3. The molecule has 0 aromatic rings. The van der Waals surface area contributed by atoms with E-state index < -0.39 is 11.4 Å². The number of esters is 1. The van der Waals surface area contributed by atoms with E-state index in [0.717, 1.165) is 17.6 Å². The van der Waals surface area contributed by atoms with Crippen LogP contribution < -0.4 is 0 Å². The summed E-state index contributed by atoms with van der Waals surface area (Å²) in [5.41, 5.74) is 3.06. The zero-order valence-electron chi connectivity index (χ0n) is 13.1. The van der Waals surface area contributed by atoms with E-state index >= 15 is 0 Å². The summed E-state index contributed by atoms with van der Waals surface area (Å²) in [6.07, 6.45) is 13.0. The SMILES string of the molecule is COC(=O)[C@]1(C#N)C2=C(C=CCC=C2)[C@H]2C(=C(C)C)C=C[C@H]21. The Hall–Kier alpha value is -2.34. The Morgan fingerprint density at radius 2 is 2.05 bits per heavy atom. The Morgan fingerprint density at radius 3 is 2.68 bits per heavy atom. The van der Waals surface area contributed by atoms with Gasteiger partial charge in [-0.15, -0.1) is 0 Å². The van der Waals surface area contributed by atoms with Crippen LogP contribution in [0.15, 0.2) is 58.7 Å². The Bertz CT molecular complexity index is 723. The molecule has 0 radical (unpaired) electrons. The first-order valence-electron chi connectivity index (χ1n) is 7.51. The van der Waals surface area contributed by atoms with Gasteiger partial charge in [0.05, 0.1) is 13.2 Å². The van der Waals surface area contributed by atoms with E-state index in [2.05, 4.69) is 38.1 Å². The molecule has 0 fully saturated rings. The predicted octanol–water partition coefficient (Wildman–Crippen LogP) is 3.63. The molecule has 3 atom stereocenters. The second-order valence-corrected chi connectivity index (χ2v) is 6.14. The monoisotopic (exact) mass is 293 g/mol. The van der Waals surface area contributed by atoms with E-state index in [9.17, 15) is 10.1 Å². The van der Waals surface area contributed by atoms with Crippen LogP contribution in [0.3, 0.4) is 0 Å². The van der Waals surface area contributed by atoms with Crippen LogP contribution in [0.4, 0.5) is 0 Å². The lowest BCUT2D eigenvalue weighted by atomic mass is 9.73. The fraction of sp³-hybridized carbons (Fsp3) is 0.368. The second-order valence-electron chi connectivity index (χ2n) is 6.14. The van der Waals surface area contributed by atoms with Gasteiger partial charge in [0.25, 0.3) is 0 Å². The molecule has 0 N–H and O–H groups in total. The maximum atomic E-state index is 12.6. The summed E-state index contributed by atoms with van der Waals surface area (Å²) in [6.45, 7) is 4.14. The minimum absolute atomic E-state index is 0.0674. The van der Waals surface area contributed by atoms with Crippen LogP contribution in [0.25, 0.3) is 0 Å². The number of rotatable bonds is 1. The predicted molar refractivity (Wildman–Crippen MR) is 84.5 cm³/mol. The van der Waals surface area contributed by atoms with Crippen LogP contribution in [0, 0.1) is 28.6 Å². The summed E-state index contributed by atoms with van der Waals surface area (Å²) < 4.78 is 5.02. The molecule has 22 heavy (non-hydrogen) atoms. The Balaban J connectivity index is 2.30. The minimum Gasteiger partial charge on any atom is -0.468 e. The van der Waals surface area contributed by atoms with E-state index in [0.29, 0.717) is 0 Å². The summed E-state index contributed by atoms with van der Waals surface area (Å²) in [5.74, 6) is -0.584. The van der Waals surface area contributed by atoms with Gasteiger partial charge in [0.15, 0.2) is 5.41 Å². The number of fused-ring (bicyclic) bond motifs is 2. The summed E-state index contributed by atoms with van der Waals surface area (Å²) in [4.78, 5) is 12.6. The third kappa shape index (κ3) is 1.70. The van der Waals surface area contributed by atoms with Crippen molar-refractivity contribution in [1.29, 1.82) is 5.26 Å². The van der Waals surface area contributed by atoms with Crippen molar-refractivity contribution in [2.45, 2.75) is 20.3 Å². The molecule has 0 aromatic carbocycles. The van der Waals surface area contributed by atoms with Crippen LogP contribution in [-0.2, 0) is 9.53 Å². The van der Waals surface area contributed by atoms with Gasteiger partial charge in [0, 0.05) is 11.8 Å². The molecule has 3 aliphatic carbocycles. The van der Waals surface area contributed by atoms with E-state index in [1.54, 1.807) is 0 Å². The second kappa shape index (κ2) is 5.14. The van der Waals surface area contributed by atoms with Crippen LogP contribution >= 0.6 is 0 Å². The summed E-state index contributed by atoms with van der Waals surface area (Å²) in [7, 11) is 1.35. The molecule has 3 heteroatoms. The molecule has 0 aromatic heterocycles. The first-order chi connectivity index (χ1) is 10.6. The van der Waals surface area contributed by atoms with Gasteiger partial charge in [0.1, 0.15) is 0 Å². The Kier molecular flexibility index (Phi) is 3.41. The lowest BCUT2D eigenvalue weighted by Crippen LogP contribution is -2.37. The lowest BCUT2D eigenvalue weighted by Gasteiger charge is -2.27. The lowest BCUT2D eigenvalue weighted by molar-refractivity contribution is -0.148.